The van der Waals surface area contributed by atoms with Gasteiger partial charge in [0.15, 0.2) is 0 Å². The molecular formula is C27H26N4O. The number of hydrogen-bond donors (Lipinski definition) is 0. The second kappa shape index (κ2) is 8.35. The Kier molecular flexibility index (Phi) is 5.23. The Hall–Kier alpha value is -3.86. The molecule has 32 heavy (non-hydrogen) atoms. The van der Waals surface area contributed by atoms with Gasteiger partial charge in [0.1, 0.15) is 11.6 Å². The smallest absolute Gasteiger partial charge is 0.150 e. The van der Waals surface area contributed by atoms with Crippen molar-refractivity contribution >= 4 is 34.2 Å². The van der Waals surface area contributed by atoms with Crippen LogP contribution in [0.5, 0.6) is 0 Å². The molecule has 2 aromatic heterocycles. The van der Waals surface area contributed by atoms with Crippen molar-refractivity contribution in [3.63, 3.8) is 0 Å². The van der Waals surface area contributed by atoms with Crippen molar-refractivity contribution in [3.05, 3.63) is 96.0 Å². The minimum atomic E-state index is 0.0792. The van der Waals surface area contributed by atoms with Crippen molar-refractivity contribution in [1.29, 1.82) is 0 Å². The van der Waals surface area contributed by atoms with Gasteiger partial charge in [-0.3, -0.25) is 0 Å². The first kappa shape index (κ1) is 20.1. The van der Waals surface area contributed by atoms with Gasteiger partial charge in [0, 0.05) is 31.6 Å². The van der Waals surface area contributed by atoms with Gasteiger partial charge < -0.3 is 9.32 Å². The van der Waals surface area contributed by atoms with Gasteiger partial charge in [-0.1, -0.05) is 30.3 Å². The Morgan fingerprint density at radius 2 is 1.81 bits per heavy atom. The maximum absolute atomic E-state index is 5.44. The first-order chi connectivity index (χ1) is 15.6. The van der Waals surface area contributed by atoms with E-state index in [0.717, 1.165) is 29.2 Å². The van der Waals surface area contributed by atoms with E-state index in [1.165, 1.54) is 22.2 Å². The van der Waals surface area contributed by atoms with E-state index in [0.29, 0.717) is 0 Å². The molecule has 5 rings (SSSR count). The number of hydrazone groups is 1. The molecule has 160 valence electrons. The van der Waals surface area contributed by atoms with E-state index < -0.39 is 0 Å². The highest BCUT2D eigenvalue weighted by molar-refractivity contribution is 6.01. The Morgan fingerprint density at radius 1 is 1.00 bits per heavy atom. The molecule has 0 spiro atoms. The maximum atomic E-state index is 5.44. The van der Waals surface area contributed by atoms with Gasteiger partial charge in [0.2, 0.25) is 0 Å². The number of benzene rings is 2. The van der Waals surface area contributed by atoms with Crippen molar-refractivity contribution in [2.45, 2.75) is 19.4 Å². The lowest BCUT2D eigenvalue weighted by molar-refractivity contribution is 0.557. The molecule has 3 heterocycles. The van der Waals surface area contributed by atoms with Crippen LogP contribution in [0.1, 0.15) is 29.3 Å². The molecule has 5 nitrogen and oxygen atoms in total. The summed E-state index contributed by atoms with van der Waals surface area (Å²) in [6.45, 7) is 2.13. The lowest BCUT2D eigenvalue weighted by Gasteiger charge is -2.24. The molecule has 1 unspecified atom stereocenters. The van der Waals surface area contributed by atoms with Gasteiger partial charge in [-0.2, -0.15) is 5.10 Å². The van der Waals surface area contributed by atoms with E-state index in [2.05, 4.69) is 79.5 Å². The molecule has 0 bridgehead atoms. The third-order valence-corrected chi connectivity index (χ3v) is 5.86. The van der Waals surface area contributed by atoms with Crippen LogP contribution in [0.2, 0.25) is 0 Å². The zero-order valence-corrected chi connectivity index (χ0v) is 18.6. The van der Waals surface area contributed by atoms with Crippen LogP contribution < -0.4 is 9.91 Å². The Balaban J connectivity index is 1.54. The Labute approximate surface area is 188 Å². The summed E-state index contributed by atoms with van der Waals surface area (Å²) >= 11 is 0. The van der Waals surface area contributed by atoms with Gasteiger partial charge in [0.25, 0.3) is 0 Å². The van der Waals surface area contributed by atoms with Gasteiger partial charge in [-0.05, 0) is 66.6 Å². The molecule has 1 aliphatic heterocycles. The highest BCUT2D eigenvalue weighted by Crippen LogP contribution is 2.36. The van der Waals surface area contributed by atoms with Crippen LogP contribution >= 0.6 is 0 Å². The van der Waals surface area contributed by atoms with E-state index in [1.807, 2.05) is 30.4 Å². The summed E-state index contributed by atoms with van der Waals surface area (Å²) < 4.78 is 5.44. The monoisotopic (exact) mass is 422 g/mol. The highest BCUT2D eigenvalue weighted by Gasteiger charge is 2.29. The number of fused-ring (bicyclic) bond motifs is 1. The van der Waals surface area contributed by atoms with E-state index in [9.17, 15) is 0 Å². The minimum absolute atomic E-state index is 0.0792. The summed E-state index contributed by atoms with van der Waals surface area (Å²) in [5.74, 6) is 1.68. The van der Waals surface area contributed by atoms with E-state index in [4.69, 9.17) is 14.5 Å². The minimum Gasteiger partial charge on any atom is -0.465 e. The summed E-state index contributed by atoms with van der Waals surface area (Å²) in [6.07, 6.45) is 6.48. The van der Waals surface area contributed by atoms with Crippen LogP contribution in [0.15, 0.2) is 88.6 Å². The zero-order valence-electron chi connectivity index (χ0n) is 18.6. The number of aryl methyl sites for hydroxylation is 1. The van der Waals surface area contributed by atoms with Gasteiger partial charge in [0.05, 0.1) is 23.5 Å². The van der Waals surface area contributed by atoms with E-state index in [-0.39, 0.29) is 6.04 Å². The molecule has 2 aromatic carbocycles. The molecule has 5 heteroatoms. The average molecular weight is 423 g/mol. The van der Waals surface area contributed by atoms with Crippen molar-refractivity contribution in [2.75, 3.05) is 24.0 Å². The fraction of sp³-hybridized carbons (Fsp3) is 0.185. The Bertz CT molecular complexity index is 1290. The number of anilines is 2. The first-order valence-electron chi connectivity index (χ1n) is 10.8. The third kappa shape index (κ3) is 3.89. The number of para-hydroxylation sites is 1. The first-order valence-corrected chi connectivity index (χ1v) is 10.8. The number of nitrogens with zero attached hydrogens (tertiary/aromatic N) is 4. The topological polar surface area (TPSA) is 44.9 Å². The number of rotatable bonds is 5. The van der Waals surface area contributed by atoms with Crippen LogP contribution in [0, 0.1) is 6.92 Å². The fourth-order valence-corrected chi connectivity index (χ4v) is 4.11. The number of aromatic nitrogens is 1. The quantitative estimate of drug-likeness (QED) is 0.383. The molecule has 0 fully saturated rings. The highest BCUT2D eigenvalue weighted by atomic mass is 16.3. The number of pyridine rings is 1. The normalized spacial score (nSPS) is 16.2. The number of furan rings is 1. The average Bonchev–Trinajstić information content (AvgIpc) is 3.48. The summed E-state index contributed by atoms with van der Waals surface area (Å²) in [5, 5.41) is 8.20. The fourth-order valence-electron chi connectivity index (χ4n) is 4.11. The van der Waals surface area contributed by atoms with Crippen molar-refractivity contribution in [1.82, 2.24) is 4.98 Å². The van der Waals surface area contributed by atoms with E-state index in [1.54, 1.807) is 6.26 Å². The molecule has 0 amide bonds. The maximum Gasteiger partial charge on any atom is 0.150 e. The second-order valence-electron chi connectivity index (χ2n) is 8.31. The lowest BCUT2D eigenvalue weighted by Crippen LogP contribution is -2.20. The number of hydrogen-bond acceptors (Lipinski definition) is 5. The molecule has 0 radical (unpaired) electrons. The van der Waals surface area contributed by atoms with Gasteiger partial charge >= 0.3 is 0 Å². The molecule has 0 saturated carbocycles. The molecule has 4 aromatic rings. The van der Waals surface area contributed by atoms with Gasteiger partial charge in [-0.25, -0.2) is 9.99 Å². The standard InChI is InChI=1S/C27H26N4O/c1-19-17-27(28-25-9-5-4-8-24(19)25)31-26(20-10-13-22(14-11-20)30(2)3)18-21(29-31)12-15-23-7-6-16-32-23/h4-17,26H,18H2,1-3H3. The summed E-state index contributed by atoms with van der Waals surface area (Å²) in [4.78, 5) is 7.06. The van der Waals surface area contributed by atoms with Crippen molar-refractivity contribution in [2.24, 2.45) is 5.10 Å². The Morgan fingerprint density at radius 3 is 2.56 bits per heavy atom. The third-order valence-electron chi connectivity index (χ3n) is 5.86. The molecule has 0 N–H and O–H groups in total. The molecule has 1 atom stereocenters. The second-order valence-corrected chi connectivity index (χ2v) is 8.31. The van der Waals surface area contributed by atoms with Crippen molar-refractivity contribution in [3.8, 4) is 0 Å². The predicted octanol–water partition coefficient (Wildman–Crippen LogP) is 6.22. The summed E-state index contributed by atoms with van der Waals surface area (Å²) in [5.41, 5.74) is 5.57. The van der Waals surface area contributed by atoms with Crippen LogP contribution in [-0.4, -0.2) is 24.8 Å². The molecule has 1 aliphatic rings. The summed E-state index contributed by atoms with van der Waals surface area (Å²) in [7, 11) is 4.11. The van der Waals surface area contributed by atoms with Crippen LogP contribution in [0.4, 0.5) is 11.5 Å². The molecular weight excluding hydrogens is 396 g/mol. The van der Waals surface area contributed by atoms with Crippen molar-refractivity contribution < 1.29 is 4.42 Å². The molecule has 0 saturated heterocycles. The van der Waals surface area contributed by atoms with Crippen LogP contribution in [-0.2, 0) is 0 Å². The predicted molar refractivity (Wildman–Crippen MR) is 132 cm³/mol. The zero-order chi connectivity index (χ0) is 22.1. The largest absolute Gasteiger partial charge is 0.465 e. The summed E-state index contributed by atoms with van der Waals surface area (Å²) in [6, 6.07) is 23.0. The van der Waals surface area contributed by atoms with Crippen LogP contribution in [0.3, 0.4) is 0 Å². The lowest BCUT2D eigenvalue weighted by atomic mass is 10.0. The van der Waals surface area contributed by atoms with Gasteiger partial charge in [-0.15, -0.1) is 0 Å². The number of allylic oxidation sites excluding steroid dienone is 1. The SMILES string of the molecule is Cc1cc(N2N=C(C=Cc3ccco3)CC2c2ccc(N(C)C)cc2)nc2ccccc12. The molecule has 0 aliphatic carbocycles. The van der Waals surface area contributed by atoms with E-state index >= 15 is 0 Å². The van der Waals surface area contributed by atoms with Crippen LogP contribution in [0.25, 0.3) is 17.0 Å².